The maximum atomic E-state index is 14.3. The number of pyridine rings is 2. The van der Waals surface area contributed by atoms with Gasteiger partial charge in [-0.1, -0.05) is 51.1 Å². The second-order valence-corrected chi connectivity index (χ2v) is 14.7. The number of ketones is 1. The molecule has 15 heteroatoms. The Labute approximate surface area is 322 Å². The highest BCUT2D eigenvalue weighted by Crippen LogP contribution is 2.42. The molecule has 0 spiro atoms. The van der Waals surface area contributed by atoms with Crippen LogP contribution in [0.1, 0.15) is 61.4 Å². The minimum Gasteiger partial charge on any atom is -0.457 e. The smallest absolute Gasteiger partial charge is 0.457 e. The summed E-state index contributed by atoms with van der Waals surface area (Å²) in [7, 11) is 0.965. The molecule has 2 unspecified atom stereocenters. The van der Waals surface area contributed by atoms with Gasteiger partial charge in [0.1, 0.15) is 24.9 Å². The van der Waals surface area contributed by atoms with Crippen LogP contribution < -0.4 is 16.8 Å². The summed E-state index contributed by atoms with van der Waals surface area (Å²) in [5.74, 6) is -1.98. The summed E-state index contributed by atoms with van der Waals surface area (Å²) in [5.41, 5.74) is 10.5. The van der Waals surface area contributed by atoms with Crippen LogP contribution >= 0.6 is 0 Å². The maximum absolute atomic E-state index is 14.3. The number of nitrogens with zero attached hydrogens (tertiary/aromatic N) is 3. The molecule has 1 fully saturated rings. The molecule has 0 bridgehead atoms. The number of aromatic nitrogens is 3. The molecule has 0 radical (unpaired) electrons. The Hall–Kier alpha value is -5.19. The number of cyclic esters (lactones) is 1. The number of hydrogen-bond acceptors (Lipinski definition) is 12. The molecule has 56 heavy (non-hydrogen) atoms. The van der Waals surface area contributed by atoms with Gasteiger partial charge in [-0.2, -0.15) is 0 Å². The first kappa shape index (κ1) is 37.7. The lowest BCUT2D eigenvalue weighted by atomic mass is 9.78. The SMILES string of the molecule is CCC(=O)[C@@H](O)C1OB(c2ccc3nc4c(c(CC)c3c2)Cn2c-4cc3c(c2=O)COC(=O)[C@@]3(CC)OC(=O)[C@H](N)Cc2cn(C)c3ccccc23)OC1CO. The second-order valence-electron chi connectivity index (χ2n) is 14.7. The monoisotopic (exact) mass is 762 g/mol. The van der Waals surface area contributed by atoms with Crippen molar-refractivity contribution in [1.82, 2.24) is 14.1 Å². The van der Waals surface area contributed by atoms with Crippen LogP contribution in [-0.4, -0.2) is 80.1 Å². The van der Waals surface area contributed by atoms with Crippen molar-refractivity contribution in [3.8, 4) is 11.4 Å². The molecule has 4 N–H and O–H groups in total. The predicted molar refractivity (Wildman–Crippen MR) is 206 cm³/mol. The standard InChI is InChI=1S/C41H43BN4O10/c1-5-23-25-15-22(42-55-34(19-47)37(56-42)36(49)33(48)6-2)12-13-30(25)44-35-26(23)18-46-32(35)16-28-27(38(46)50)20-53-40(52)41(28,7-3)54-39(51)29(43)14-21-17-45(4)31-11-9-8-10-24(21)31/h8-13,15-17,29,34,36-37,47,49H,5-7,14,18-20,43H2,1-4H3/t29-,34?,36-,37?,41+/m1/s1. The van der Waals surface area contributed by atoms with Crippen molar-refractivity contribution in [2.75, 3.05) is 6.61 Å². The largest absolute Gasteiger partial charge is 0.494 e. The lowest BCUT2D eigenvalue weighted by Crippen LogP contribution is -2.50. The quantitative estimate of drug-likeness (QED) is 0.129. The van der Waals surface area contributed by atoms with Crippen LogP contribution in [0.4, 0.5) is 0 Å². The third kappa shape index (κ3) is 5.88. The molecule has 6 heterocycles. The third-order valence-electron chi connectivity index (χ3n) is 11.5. The van der Waals surface area contributed by atoms with E-state index >= 15 is 0 Å². The number of carbonyl (C=O) groups excluding carboxylic acids is 3. The normalized spacial score (nSPS) is 21.1. The van der Waals surface area contributed by atoms with E-state index in [1.807, 2.05) is 55.1 Å². The molecule has 0 aliphatic carbocycles. The fourth-order valence-electron chi connectivity index (χ4n) is 8.52. The van der Waals surface area contributed by atoms with Gasteiger partial charge in [-0.05, 0) is 47.6 Å². The van der Waals surface area contributed by atoms with Crippen molar-refractivity contribution in [2.45, 2.75) is 89.6 Å². The zero-order valence-corrected chi connectivity index (χ0v) is 31.6. The van der Waals surface area contributed by atoms with E-state index in [0.29, 0.717) is 28.8 Å². The van der Waals surface area contributed by atoms with Crippen molar-refractivity contribution in [1.29, 1.82) is 0 Å². The van der Waals surface area contributed by atoms with Gasteiger partial charge in [-0.3, -0.25) is 14.4 Å². The van der Waals surface area contributed by atoms with Gasteiger partial charge in [-0.15, -0.1) is 0 Å². The first-order valence-electron chi connectivity index (χ1n) is 19.0. The molecule has 14 nitrogen and oxygen atoms in total. The summed E-state index contributed by atoms with van der Waals surface area (Å²) in [6.07, 6.45) is -0.591. The number of esters is 2. The van der Waals surface area contributed by atoms with Crippen molar-refractivity contribution >= 4 is 52.1 Å². The van der Waals surface area contributed by atoms with E-state index in [1.54, 1.807) is 36.6 Å². The van der Waals surface area contributed by atoms with Crippen LogP contribution in [-0.2, 0) is 71.8 Å². The van der Waals surface area contributed by atoms with Gasteiger partial charge in [0.2, 0.25) is 5.60 Å². The van der Waals surface area contributed by atoms with Crippen LogP contribution in [0.15, 0.2) is 59.5 Å². The fourth-order valence-corrected chi connectivity index (χ4v) is 8.52. The zero-order chi connectivity index (χ0) is 39.6. The maximum Gasteiger partial charge on any atom is 0.494 e. The van der Waals surface area contributed by atoms with E-state index in [2.05, 4.69) is 0 Å². The van der Waals surface area contributed by atoms with E-state index in [4.69, 9.17) is 29.5 Å². The summed E-state index contributed by atoms with van der Waals surface area (Å²) in [4.78, 5) is 59.0. The summed E-state index contributed by atoms with van der Waals surface area (Å²) >= 11 is 0. The predicted octanol–water partition coefficient (Wildman–Crippen LogP) is 2.07. The summed E-state index contributed by atoms with van der Waals surface area (Å²) in [6.45, 7) is 4.83. The summed E-state index contributed by atoms with van der Waals surface area (Å²) in [5, 5.41) is 22.3. The fraction of sp³-hybridized carbons (Fsp3) is 0.390. The van der Waals surface area contributed by atoms with Gasteiger partial charge in [0.05, 0.1) is 41.7 Å². The van der Waals surface area contributed by atoms with Gasteiger partial charge in [0.25, 0.3) is 5.56 Å². The van der Waals surface area contributed by atoms with Crippen molar-refractivity contribution in [3.05, 3.63) is 92.9 Å². The highest BCUT2D eigenvalue weighted by Gasteiger charge is 2.51. The van der Waals surface area contributed by atoms with Gasteiger partial charge >= 0.3 is 19.1 Å². The molecule has 3 aliphatic rings. The molecule has 3 aromatic heterocycles. The van der Waals surface area contributed by atoms with Crippen LogP contribution in [0, 0.1) is 0 Å². The molecule has 0 amide bonds. The number of carbonyl (C=O) groups is 3. The van der Waals surface area contributed by atoms with E-state index in [0.717, 1.165) is 33.0 Å². The molecule has 290 valence electrons. The van der Waals surface area contributed by atoms with Crippen LogP contribution in [0.2, 0.25) is 0 Å². The Morgan fingerprint density at radius 3 is 2.61 bits per heavy atom. The number of ether oxygens (including phenoxy) is 2. The number of aliphatic hydroxyl groups excluding tert-OH is 2. The topological polar surface area (TPSA) is 194 Å². The van der Waals surface area contributed by atoms with E-state index in [1.165, 1.54) is 0 Å². The second kappa shape index (κ2) is 14.4. The first-order valence-corrected chi connectivity index (χ1v) is 19.0. The number of aryl methyl sites for hydroxylation is 2. The summed E-state index contributed by atoms with van der Waals surface area (Å²) in [6, 6.07) is 13.9. The minimum absolute atomic E-state index is 0.00237. The average Bonchev–Trinajstić information content (AvgIpc) is 3.91. The van der Waals surface area contributed by atoms with Gasteiger partial charge in [0, 0.05) is 53.5 Å². The molecule has 1 saturated heterocycles. The average molecular weight is 763 g/mol. The number of aliphatic hydroxyl groups is 2. The van der Waals surface area contributed by atoms with Crippen molar-refractivity contribution < 1.29 is 43.4 Å². The van der Waals surface area contributed by atoms with Gasteiger partial charge in [0.15, 0.2) is 5.78 Å². The third-order valence-corrected chi connectivity index (χ3v) is 11.5. The highest BCUT2D eigenvalue weighted by molar-refractivity contribution is 6.62. The molecule has 5 atom stereocenters. The molecule has 3 aliphatic heterocycles. The number of hydrogen-bond donors (Lipinski definition) is 3. The van der Waals surface area contributed by atoms with E-state index < -0.39 is 61.4 Å². The number of rotatable bonds is 11. The van der Waals surface area contributed by atoms with Crippen molar-refractivity contribution in [2.24, 2.45) is 12.8 Å². The molecule has 0 saturated carbocycles. The number of benzene rings is 2. The first-order chi connectivity index (χ1) is 26.9. The minimum atomic E-state index is -1.90. The number of Topliss-reactive ketones (excluding diaryl/α,β-unsaturated/α-hetero) is 1. The van der Waals surface area contributed by atoms with Crippen molar-refractivity contribution in [3.63, 3.8) is 0 Å². The Morgan fingerprint density at radius 1 is 1.09 bits per heavy atom. The molecule has 8 rings (SSSR count). The van der Waals surface area contributed by atoms with E-state index in [-0.39, 0.29) is 49.1 Å². The molecular weight excluding hydrogens is 719 g/mol. The highest BCUT2D eigenvalue weighted by atomic mass is 16.7. The van der Waals surface area contributed by atoms with Crippen LogP contribution in [0.5, 0.6) is 0 Å². The Kier molecular flexibility index (Phi) is 9.70. The number of nitrogens with two attached hydrogens (primary N) is 1. The molecule has 5 aromatic rings. The lowest BCUT2D eigenvalue weighted by molar-refractivity contribution is -0.190. The van der Waals surface area contributed by atoms with Crippen LogP contribution in [0.3, 0.4) is 0 Å². The number of fused-ring (bicyclic) bond motifs is 6. The van der Waals surface area contributed by atoms with E-state index in [9.17, 15) is 29.4 Å². The lowest BCUT2D eigenvalue weighted by Gasteiger charge is -2.36. The zero-order valence-electron chi connectivity index (χ0n) is 31.6. The van der Waals surface area contributed by atoms with Crippen LogP contribution in [0.25, 0.3) is 33.2 Å². The van der Waals surface area contributed by atoms with Gasteiger partial charge < -0.3 is 43.9 Å². The molecule has 2 aromatic carbocycles. The number of para-hydroxylation sites is 1. The Morgan fingerprint density at radius 2 is 1.88 bits per heavy atom. The molecular formula is C41H43BN4O10. The Balaban J connectivity index is 1.14. The van der Waals surface area contributed by atoms with Gasteiger partial charge in [-0.25, -0.2) is 9.78 Å². The Bertz CT molecular complexity index is 2500. The summed E-state index contributed by atoms with van der Waals surface area (Å²) < 4.78 is 27.1.